The van der Waals surface area contributed by atoms with Crippen LogP contribution in [0.1, 0.15) is 16.8 Å². The predicted octanol–water partition coefficient (Wildman–Crippen LogP) is 2.01. The molecule has 0 heterocycles. The van der Waals surface area contributed by atoms with Gasteiger partial charge in [0, 0.05) is 12.6 Å². The van der Waals surface area contributed by atoms with Gasteiger partial charge in [-0.15, -0.1) is 0 Å². The van der Waals surface area contributed by atoms with Crippen molar-refractivity contribution in [2.45, 2.75) is 6.42 Å². The number of methoxy groups -OCH3 is 3. The fourth-order valence-corrected chi connectivity index (χ4v) is 2.52. The molecule has 2 amide bonds. The second kappa shape index (κ2) is 11.3. The number of para-hydroxylation sites is 1. The normalized spacial score (nSPS) is 9.97. The monoisotopic (exact) mass is 416 g/mol. The number of rotatable bonds is 10. The van der Waals surface area contributed by atoms with E-state index in [1.54, 1.807) is 42.5 Å². The largest absolute Gasteiger partial charge is 0.497 e. The number of nitrogens with one attached hydrogen (secondary N) is 2. The maximum Gasteiger partial charge on any atom is 0.308 e. The van der Waals surface area contributed by atoms with E-state index in [4.69, 9.17) is 18.9 Å². The summed E-state index contributed by atoms with van der Waals surface area (Å²) in [7, 11) is 4.44. The first-order valence-electron chi connectivity index (χ1n) is 9.07. The van der Waals surface area contributed by atoms with E-state index in [2.05, 4.69) is 10.6 Å². The first kappa shape index (κ1) is 22.5. The molecule has 160 valence electrons. The highest BCUT2D eigenvalue weighted by Gasteiger charge is 2.14. The van der Waals surface area contributed by atoms with Gasteiger partial charge in [-0.05, 0) is 24.3 Å². The standard InChI is InChI=1S/C21H24N2O7/c1-27-14-8-9-18(29-3)16(12-14)23-19(24)13-30-20(25)10-11-22-21(26)15-6-4-5-7-17(15)28-2/h4-9,12H,10-11,13H2,1-3H3,(H,22,26)(H,23,24). The Balaban J connectivity index is 1.77. The minimum Gasteiger partial charge on any atom is -0.497 e. The Bertz CT molecular complexity index is 899. The van der Waals surface area contributed by atoms with Gasteiger partial charge >= 0.3 is 5.97 Å². The van der Waals surface area contributed by atoms with E-state index in [1.165, 1.54) is 21.3 Å². The summed E-state index contributed by atoms with van der Waals surface area (Å²) in [6.07, 6.45) is -0.0867. The Morgan fingerprint density at radius 1 is 0.900 bits per heavy atom. The molecule has 0 aliphatic carbocycles. The molecule has 0 fully saturated rings. The van der Waals surface area contributed by atoms with E-state index in [9.17, 15) is 14.4 Å². The molecular formula is C21H24N2O7. The van der Waals surface area contributed by atoms with Crippen molar-refractivity contribution in [2.75, 3.05) is 39.8 Å². The molecule has 0 spiro atoms. The lowest BCUT2D eigenvalue weighted by atomic mass is 10.2. The van der Waals surface area contributed by atoms with Crippen LogP contribution < -0.4 is 24.8 Å². The fourth-order valence-electron chi connectivity index (χ4n) is 2.52. The van der Waals surface area contributed by atoms with Gasteiger partial charge in [0.25, 0.3) is 11.8 Å². The molecular weight excluding hydrogens is 392 g/mol. The van der Waals surface area contributed by atoms with Crippen molar-refractivity contribution in [1.29, 1.82) is 0 Å². The Morgan fingerprint density at radius 2 is 1.63 bits per heavy atom. The van der Waals surface area contributed by atoms with Crippen LogP contribution in [-0.2, 0) is 14.3 Å². The number of carbonyl (C=O) groups excluding carboxylic acids is 3. The maximum absolute atomic E-state index is 12.2. The molecule has 30 heavy (non-hydrogen) atoms. The van der Waals surface area contributed by atoms with Crippen LogP contribution in [0.15, 0.2) is 42.5 Å². The number of amides is 2. The van der Waals surface area contributed by atoms with Crippen LogP contribution in [-0.4, -0.2) is 52.3 Å². The highest BCUT2D eigenvalue weighted by molar-refractivity contribution is 5.97. The average Bonchev–Trinajstić information content (AvgIpc) is 2.77. The van der Waals surface area contributed by atoms with E-state index in [1.807, 2.05) is 0 Å². The van der Waals surface area contributed by atoms with Gasteiger partial charge in [0.05, 0.1) is 39.0 Å². The van der Waals surface area contributed by atoms with E-state index >= 15 is 0 Å². The molecule has 0 atom stereocenters. The molecule has 2 aromatic carbocycles. The van der Waals surface area contributed by atoms with Crippen LogP contribution in [0.2, 0.25) is 0 Å². The Labute approximate surface area is 174 Å². The SMILES string of the molecule is COc1ccc(OC)c(NC(=O)COC(=O)CCNC(=O)c2ccccc2OC)c1. The van der Waals surface area contributed by atoms with Crippen LogP contribution >= 0.6 is 0 Å². The van der Waals surface area contributed by atoms with Gasteiger partial charge in [-0.2, -0.15) is 0 Å². The molecule has 2 rings (SSSR count). The summed E-state index contributed by atoms with van der Waals surface area (Å²) in [6.45, 7) is -0.416. The predicted molar refractivity (Wildman–Crippen MR) is 109 cm³/mol. The molecule has 2 aromatic rings. The molecule has 2 N–H and O–H groups in total. The van der Waals surface area contributed by atoms with Gasteiger partial charge in [-0.1, -0.05) is 12.1 Å². The van der Waals surface area contributed by atoms with Crippen LogP contribution in [0.25, 0.3) is 0 Å². The lowest BCUT2D eigenvalue weighted by molar-refractivity contribution is -0.147. The quantitative estimate of drug-likeness (QED) is 0.570. The number of benzene rings is 2. The summed E-state index contributed by atoms with van der Waals surface area (Å²) in [5, 5.41) is 5.20. The molecule has 0 saturated carbocycles. The third-order valence-electron chi connectivity index (χ3n) is 4.01. The Morgan fingerprint density at radius 3 is 2.33 bits per heavy atom. The summed E-state index contributed by atoms with van der Waals surface area (Å²) in [5.74, 6) is -0.121. The summed E-state index contributed by atoms with van der Waals surface area (Å²) in [5.41, 5.74) is 0.752. The smallest absolute Gasteiger partial charge is 0.308 e. The summed E-state index contributed by atoms with van der Waals surface area (Å²) < 4.78 is 20.3. The first-order valence-corrected chi connectivity index (χ1v) is 9.07. The van der Waals surface area contributed by atoms with E-state index < -0.39 is 18.5 Å². The van der Waals surface area contributed by atoms with Crippen molar-refractivity contribution < 1.29 is 33.3 Å². The molecule has 0 radical (unpaired) electrons. The molecule has 9 nitrogen and oxygen atoms in total. The summed E-state index contributed by atoms with van der Waals surface area (Å²) >= 11 is 0. The lowest BCUT2D eigenvalue weighted by Crippen LogP contribution is -2.28. The minimum atomic E-state index is -0.622. The van der Waals surface area contributed by atoms with Crippen LogP contribution in [0.5, 0.6) is 17.2 Å². The van der Waals surface area contributed by atoms with E-state index in [0.717, 1.165) is 0 Å². The van der Waals surface area contributed by atoms with Crippen LogP contribution in [0.3, 0.4) is 0 Å². The minimum absolute atomic E-state index is 0.0566. The van der Waals surface area contributed by atoms with Gasteiger partial charge in [-0.3, -0.25) is 14.4 Å². The number of anilines is 1. The van der Waals surface area contributed by atoms with Gasteiger partial charge in [0.15, 0.2) is 6.61 Å². The molecule has 0 saturated heterocycles. The Kier molecular flexibility index (Phi) is 8.49. The van der Waals surface area contributed by atoms with E-state index in [-0.39, 0.29) is 18.9 Å². The van der Waals surface area contributed by atoms with Crippen molar-refractivity contribution in [3.63, 3.8) is 0 Å². The topological polar surface area (TPSA) is 112 Å². The zero-order chi connectivity index (χ0) is 21.9. The molecule has 0 aromatic heterocycles. The number of esters is 1. The van der Waals surface area contributed by atoms with Crippen molar-refractivity contribution in [1.82, 2.24) is 5.32 Å². The zero-order valence-electron chi connectivity index (χ0n) is 17.0. The summed E-state index contributed by atoms with van der Waals surface area (Å²) in [6, 6.07) is 11.7. The third kappa shape index (κ3) is 6.40. The highest BCUT2D eigenvalue weighted by Crippen LogP contribution is 2.28. The van der Waals surface area contributed by atoms with Crippen molar-refractivity contribution in [2.24, 2.45) is 0 Å². The second-order valence-corrected chi connectivity index (χ2v) is 5.98. The zero-order valence-corrected chi connectivity index (χ0v) is 17.0. The first-order chi connectivity index (χ1) is 14.5. The van der Waals surface area contributed by atoms with Gasteiger partial charge in [-0.25, -0.2) is 0 Å². The number of hydrogen-bond acceptors (Lipinski definition) is 7. The van der Waals surface area contributed by atoms with Crippen molar-refractivity contribution in [3.8, 4) is 17.2 Å². The molecule has 9 heteroatoms. The molecule has 0 bridgehead atoms. The number of hydrogen-bond donors (Lipinski definition) is 2. The fraction of sp³-hybridized carbons (Fsp3) is 0.286. The van der Waals surface area contributed by atoms with Gasteiger partial charge < -0.3 is 29.6 Å². The summed E-state index contributed by atoms with van der Waals surface area (Å²) in [4.78, 5) is 36.1. The number of carbonyl (C=O) groups is 3. The molecule has 0 unspecified atom stereocenters. The van der Waals surface area contributed by atoms with Crippen molar-refractivity contribution in [3.05, 3.63) is 48.0 Å². The van der Waals surface area contributed by atoms with Gasteiger partial charge in [0.2, 0.25) is 0 Å². The Hall–Kier alpha value is -3.75. The third-order valence-corrected chi connectivity index (χ3v) is 4.01. The van der Waals surface area contributed by atoms with E-state index in [0.29, 0.717) is 28.5 Å². The number of ether oxygens (including phenoxy) is 4. The van der Waals surface area contributed by atoms with Crippen LogP contribution in [0.4, 0.5) is 5.69 Å². The molecule has 0 aliphatic rings. The second-order valence-electron chi connectivity index (χ2n) is 5.98. The average molecular weight is 416 g/mol. The van der Waals surface area contributed by atoms with Crippen molar-refractivity contribution >= 4 is 23.5 Å². The molecule has 0 aliphatic heterocycles. The lowest BCUT2D eigenvalue weighted by Gasteiger charge is -2.12. The van der Waals surface area contributed by atoms with Crippen LogP contribution in [0, 0.1) is 0 Å². The van der Waals surface area contributed by atoms with Gasteiger partial charge in [0.1, 0.15) is 17.2 Å². The highest BCUT2D eigenvalue weighted by atomic mass is 16.5. The maximum atomic E-state index is 12.2.